The Morgan fingerprint density at radius 1 is 1.44 bits per heavy atom. The Hall–Kier alpha value is -0.910. The Labute approximate surface area is 103 Å². The van der Waals surface area contributed by atoms with Gasteiger partial charge in [0.05, 0.1) is 0 Å². The van der Waals surface area contributed by atoms with E-state index in [4.69, 9.17) is 0 Å². The van der Waals surface area contributed by atoms with E-state index in [0.29, 0.717) is 6.04 Å². The summed E-state index contributed by atoms with van der Waals surface area (Å²) in [5.41, 5.74) is 1.32. The average Bonchev–Trinajstić information content (AvgIpc) is 2.29. The maximum atomic E-state index is 3.30. The van der Waals surface area contributed by atoms with Gasteiger partial charge >= 0.3 is 0 Å². The highest BCUT2D eigenvalue weighted by Gasteiger charge is 2.04. The number of thioether (sulfide) groups is 1. The van der Waals surface area contributed by atoms with E-state index in [2.05, 4.69) is 48.3 Å². The van der Waals surface area contributed by atoms with E-state index < -0.39 is 0 Å². The fraction of sp³-hybridized carbons (Fsp3) is 0.429. The molecule has 0 fully saturated rings. The van der Waals surface area contributed by atoms with E-state index in [9.17, 15) is 0 Å². The van der Waals surface area contributed by atoms with Crippen molar-refractivity contribution < 1.29 is 0 Å². The van der Waals surface area contributed by atoms with E-state index >= 15 is 0 Å². The van der Waals surface area contributed by atoms with Gasteiger partial charge in [-0.1, -0.05) is 17.7 Å². The first-order valence-electron chi connectivity index (χ1n) is 5.52. The van der Waals surface area contributed by atoms with Crippen molar-refractivity contribution in [2.45, 2.75) is 31.2 Å². The Bertz CT molecular complexity index is 376. The SMILES string of the molecule is CC#CCC(CSc1cccc(C)c1)NC. The number of benzene rings is 1. The second-order valence-electron chi connectivity index (χ2n) is 3.74. The maximum Gasteiger partial charge on any atom is 0.0268 e. The predicted molar refractivity (Wildman–Crippen MR) is 72.8 cm³/mol. The lowest BCUT2D eigenvalue weighted by molar-refractivity contribution is 0.637. The summed E-state index contributed by atoms with van der Waals surface area (Å²) in [5, 5.41) is 3.30. The molecule has 0 aliphatic carbocycles. The van der Waals surface area contributed by atoms with Crippen LogP contribution in [0.25, 0.3) is 0 Å². The van der Waals surface area contributed by atoms with Crippen molar-refractivity contribution in [2.24, 2.45) is 0 Å². The minimum atomic E-state index is 0.470. The Morgan fingerprint density at radius 3 is 2.88 bits per heavy atom. The summed E-state index contributed by atoms with van der Waals surface area (Å²) in [5.74, 6) is 7.13. The second-order valence-corrected chi connectivity index (χ2v) is 4.84. The van der Waals surface area contributed by atoms with Crippen molar-refractivity contribution in [1.29, 1.82) is 0 Å². The molecule has 1 aromatic rings. The first kappa shape index (κ1) is 13.2. The van der Waals surface area contributed by atoms with Gasteiger partial charge in [-0.15, -0.1) is 23.6 Å². The molecule has 16 heavy (non-hydrogen) atoms. The summed E-state index contributed by atoms with van der Waals surface area (Å²) >= 11 is 1.89. The first-order valence-corrected chi connectivity index (χ1v) is 6.51. The molecule has 0 bridgehead atoms. The van der Waals surface area contributed by atoms with Crippen LogP contribution in [0, 0.1) is 18.8 Å². The van der Waals surface area contributed by atoms with Crippen molar-refractivity contribution in [3.8, 4) is 11.8 Å². The van der Waals surface area contributed by atoms with Crippen LogP contribution in [-0.2, 0) is 0 Å². The van der Waals surface area contributed by atoms with Gasteiger partial charge in [-0.05, 0) is 33.0 Å². The Kier molecular flexibility index (Phi) is 6.07. The van der Waals surface area contributed by atoms with Gasteiger partial charge < -0.3 is 5.32 Å². The predicted octanol–water partition coefficient (Wildman–Crippen LogP) is 3.09. The van der Waals surface area contributed by atoms with Crippen LogP contribution in [0.2, 0.25) is 0 Å². The van der Waals surface area contributed by atoms with Crippen LogP contribution in [0.4, 0.5) is 0 Å². The zero-order chi connectivity index (χ0) is 11.8. The molecule has 2 heteroatoms. The van der Waals surface area contributed by atoms with Crippen LogP contribution in [0.3, 0.4) is 0 Å². The number of hydrogen-bond donors (Lipinski definition) is 1. The van der Waals surface area contributed by atoms with Gasteiger partial charge in [0.15, 0.2) is 0 Å². The van der Waals surface area contributed by atoms with Crippen LogP contribution in [0.15, 0.2) is 29.2 Å². The summed E-state index contributed by atoms with van der Waals surface area (Å²) in [6, 6.07) is 9.09. The summed E-state index contributed by atoms with van der Waals surface area (Å²) in [7, 11) is 2.00. The first-order chi connectivity index (χ1) is 7.76. The van der Waals surface area contributed by atoms with E-state index in [1.54, 1.807) is 0 Å². The third kappa shape index (κ3) is 4.74. The fourth-order valence-corrected chi connectivity index (χ4v) is 2.49. The van der Waals surface area contributed by atoms with Gasteiger partial charge in [0.25, 0.3) is 0 Å². The summed E-state index contributed by atoms with van der Waals surface area (Å²) in [6.45, 7) is 4.02. The molecule has 1 aromatic carbocycles. The lowest BCUT2D eigenvalue weighted by Crippen LogP contribution is -2.27. The topological polar surface area (TPSA) is 12.0 Å². The van der Waals surface area contributed by atoms with Crippen molar-refractivity contribution in [1.82, 2.24) is 5.32 Å². The van der Waals surface area contributed by atoms with Crippen molar-refractivity contribution in [2.75, 3.05) is 12.8 Å². The Balaban J connectivity index is 2.45. The average molecular weight is 233 g/mol. The molecule has 1 atom stereocenters. The number of nitrogens with one attached hydrogen (secondary N) is 1. The van der Waals surface area contributed by atoms with Crippen LogP contribution in [-0.4, -0.2) is 18.8 Å². The molecule has 1 nitrogen and oxygen atoms in total. The third-order valence-corrected chi connectivity index (χ3v) is 3.53. The van der Waals surface area contributed by atoms with Gasteiger partial charge in [0.2, 0.25) is 0 Å². The van der Waals surface area contributed by atoms with Crippen LogP contribution in [0.5, 0.6) is 0 Å². The molecule has 0 aliphatic heterocycles. The van der Waals surface area contributed by atoms with Crippen LogP contribution >= 0.6 is 11.8 Å². The quantitative estimate of drug-likeness (QED) is 0.619. The third-order valence-electron chi connectivity index (χ3n) is 2.37. The molecule has 0 aromatic heterocycles. The Morgan fingerprint density at radius 2 is 2.25 bits per heavy atom. The van der Waals surface area contributed by atoms with Gasteiger partial charge in [-0.2, -0.15) is 0 Å². The van der Waals surface area contributed by atoms with Crippen molar-refractivity contribution in [3.05, 3.63) is 29.8 Å². The van der Waals surface area contributed by atoms with Gasteiger partial charge in [0, 0.05) is 23.1 Å². The summed E-state index contributed by atoms with van der Waals surface area (Å²) < 4.78 is 0. The molecule has 0 heterocycles. The molecule has 1 rings (SSSR count). The number of aryl methyl sites for hydroxylation is 1. The highest BCUT2D eigenvalue weighted by molar-refractivity contribution is 7.99. The standard InChI is InChI=1S/C14H19NS/c1-4-5-8-13(15-3)11-16-14-9-6-7-12(2)10-14/h6-7,9-10,13,15H,8,11H2,1-3H3. The van der Waals surface area contributed by atoms with E-state index in [1.807, 2.05) is 25.7 Å². The van der Waals surface area contributed by atoms with Gasteiger partial charge in [-0.3, -0.25) is 0 Å². The maximum absolute atomic E-state index is 3.30. The highest BCUT2D eigenvalue weighted by atomic mass is 32.2. The zero-order valence-electron chi connectivity index (χ0n) is 10.2. The van der Waals surface area contributed by atoms with Crippen LogP contribution < -0.4 is 5.32 Å². The molecule has 0 aliphatic rings. The van der Waals surface area contributed by atoms with Crippen LogP contribution in [0.1, 0.15) is 18.9 Å². The molecular formula is C14H19NS. The van der Waals surface area contributed by atoms with Crippen molar-refractivity contribution in [3.63, 3.8) is 0 Å². The summed E-state index contributed by atoms with van der Waals surface area (Å²) in [6.07, 6.45) is 0.922. The minimum absolute atomic E-state index is 0.470. The fourth-order valence-electron chi connectivity index (χ4n) is 1.37. The van der Waals surface area contributed by atoms with E-state index in [-0.39, 0.29) is 0 Å². The normalized spacial score (nSPS) is 11.7. The molecule has 1 unspecified atom stereocenters. The largest absolute Gasteiger partial charge is 0.315 e. The second kappa shape index (κ2) is 7.38. The van der Waals surface area contributed by atoms with Gasteiger partial charge in [0.1, 0.15) is 0 Å². The molecular weight excluding hydrogens is 214 g/mol. The minimum Gasteiger partial charge on any atom is -0.315 e. The molecule has 0 saturated carbocycles. The smallest absolute Gasteiger partial charge is 0.0268 e. The molecule has 1 N–H and O–H groups in total. The lowest BCUT2D eigenvalue weighted by Gasteiger charge is -2.12. The number of hydrogen-bond acceptors (Lipinski definition) is 2. The number of rotatable bonds is 5. The zero-order valence-corrected chi connectivity index (χ0v) is 11.0. The monoisotopic (exact) mass is 233 g/mol. The molecule has 0 saturated heterocycles. The van der Waals surface area contributed by atoms with Crippen molar-refractivity contribution >= 4 is 11.8 Å². The highest BCUT2D eigenvalue weighted by Crippen LogP contribution is 2.20. The van der Waals surface area contributed by atoms with Gasteiger partial charge in [-0.25, -0.2) is 0 Å². The molecule has 0 spiro atoms. The lowest BCUT2D eigenvalue weighted by atomic mass is 10.2. The molecule has 86 valence electrons. The summed E-state index contributed by atoms with van der Waals surface area (Å²) in [4.78, 5) is 1.34. The molecule has 0 radical (unpaired) electrons. The molecule has 0 amide bonds. The van der Waals surface area contributed by atoms with E-state index in [0.717, 1.165) is 12.2 Å². The van der Waals surface area contributed by atoms with E-state index in [1.165, 1.54) is 10.5 Å².